The Bertz CT molecular complexity index is 936. The lowest BCUT2D eigenvalue weighted by atomic mass is 9.91. The van der Waals surface area contributed by atoms with E-state index < -0.39 is 0 Å². The molecule has 1 N–H and O–H groups in total. The van der Waals surface area contributed by atoms with Crippen molar-refractivity contribution in [2.45, 2.75) is 63.8 Å². The van der Waals surface area contributed by atoms with Gasteiger partial charge in [-0.2, -0.15) is 0 Å². The molecule has 31 heavy (non-hydrogen) atoms. The summed E-state index contributed by atoms with van der Waals surface area (Å²) in [4.78, 5) is 30.7. The molecule has 0 aliphatic carbocycles. The molecule has 4 rings (SSSR count). The molecule has 1 unspecified atom stereocenters. The van der Waals surface area contributed by atoms with Crippen LogP contribution in [0, 0.1) is 6.92 Å². The fraction of sp³-hybridized carbons (Fsp3) is 0.480. The summed E-state index contributed by atoms with van der Waals surface area (Å²) in [6.07, 6.45) is 5.47. The zero-order valence-electron chi connectivity index (χ0n) is 18.1. The van der Waals surface area contributed by atoms with E-state index in [-0.39, 0.29) is 17.9 Å². The van der Waals surface area contributed by atoms with Gasteiger partial charge in [0.25, 0.3) is 0 Å². The van der Waals surface area contributed by atoms with Gasteiger partial charge in [0.05, 0.1) is 0 Å². The van der Waals surface area contributed by atoms with Crippen molar-refractivity contribution in [2.75, 3.05) is 13.1 Å². The molecule has 2 amide bonds. The summed E-state index contributed by atoms with van der Waals surface area (Å²) in [6.45, 7) is 3.61. The van der Waals surface area contributed by atoms with Crippen molar-refractivity contribution in [1.29, 1.82) is 0 Å². The van der Waals surface area contributed by atoms with Crippen LogP contribution in [-0.4, -0.2) is 40.8 Å². The number of nitrogens with one attached hydrogen (secondary N) is 1. The van der Waals surface area contributed by atoms with Crippen LogP contribution >= 0.6 is 11.6 Å². The van der Waals surface area contributed by atoms with Gasteiger partial charge in [-0.25, -0.2) is 0 Å². The summed E-state index contributed by atoms with van der Waals surface area (Å²) in [5.74, 6) is 0.710. The number of aryl methyl sites for hydroxylation is 1. The number of amides is 2. The van der Waals surface area contributed by atoms with Crippen LogP contribution in [0.15, 0.2) is 36.4 Å². The number of likely N-dealkylation sites (tertiary alicyclic amines) is 1. The fourth-order valence-corrected chi connectivity index (χ4v) is 4.82. The number of hydrogen-bond donors (Lipinski definition) is 1. The Morgan fingerprint density at radius 3 is 2.55 bits per heavy atom. The number of rotatable bonds is 6. The summed E-state index contributed by atoms with van der Waals surface area (Å²) in [7, 11) is 0. The van der Waals surface area contributed by atoms with Crippen LogP contribution in [0.5, 0.6) is 0 Å². The van der Waals surface area contributed by atoms with Gasteiger partial charge in [-0.3, -0.25) is 14.6 Å². The Balaban J connectivity index is 1.31. The molecule has 1 aromatic heterocycles. The van der Waals surface area contributed by atoms with Crippen molar-refractivity contribution in [2.24, 2.45) is 0 Å². The third-order valence-corrected chi connectivity index (χ3v) is 6.66. The highest BCUT2D eigenvalue weighted by molar-refractivity contribution is 6.30. The zero-order chi connectivity index (χ0) is 21.8. The third-order valence-electron chi connectivity index (χ3n) is 6.41. The molecule has 5 nitrogen and oxygen atoms in total. The molecule has 164 valence electrons. The molecular weight excluding hydrogens is 410 g/mol. The number of pyridine rings is 1. The largest absolute Gasteiger partial charge is 0.353 e. The van der Waals surface area contributed by atoms with Gasteiger partial charge in [0, 0.05) is 54.3 Å². The Kier molecular flexibility index (Phi) is 6.91. The molecule has 6 heteroatoms. The molecule has 2 aliphatic heterocycles. The van der Waals surface area contributed by atoms with Gasteiger partial charge in [0.1, 0.15) is 0 Å². The van der Waals surface area contributed by atoms with E-state index in [0.29, 0.717) is 18.8 Å². The molecule has 0 saturated carbocycles. The van der Waals surface area contributed by atoms with Crippen LogP contribution in [0.3, 0.4) is 0 Å². The molecule has 2 saturated heterocycles. The van der Waals surface area contributed by atoms with Crippen LogP contribution < -0.4 is 5.32 Å². The van der Waals surface area contributed by atoms with Gasteiger partial charge >= 0.3 is 0 Å². The smallest absolute Gasteiger partial charge is 0.222 e. The summed E-state index contributed by atoms with van der Waals surface area (Å²) >= 11 is 6.00. The molecule has 2 fully saturated rings. The van der Waals surface area contributed by atoms with Crippen molar-refractivity contribution in [3.8, 4) is 0 Å². The van der Waals surface area contributed by atoms with E-state index >= 15 is 0 Å². The summed E-state index contributed by atoms with van der Waals surface area (Å²) in [6, 6.07) is 12.5. The molecule has 2 aliphatic rings. The standard InChI is InChI=1S/C25H30ClN3O2/c1-17-14-19(15-18-2-4-21(26)5-3-18)16-23(27-17)20-10-12-29(13-11-20)25(31)9-7-22-6-8-24(30)28-22/h2-5,14,16,20,22H,6-13,15H2,1H3,(H,28,30). The summed E-state index contributed by atoms with van der Waals surface area (Å²) < 4.78 is 0. The lowest BCUT2D eigenvalue weighted by molar-refractivity contribution is -0.132. The predicted octanol–water partition coefficient (Wildman–Crippen LogP) is 4.40. The van der Waals surface area contributed by atoms with Gasteiger partial charge in [-0.1, -0.05) is 23.7 Å². The van der Waals surface area contributed by atoms with Crippen molar-refractivity contribution in [3.63, 3.8) is 0 Å². The second-order valence-corrected chi connectivity index (χ2v) is 9.28. The molecule has 0 spiro atoms. The zero-order valence-corrected chi connectivity index (χ0v) is 18.8. The predicted molar refractivity (Wildman–Crippen MR) is 122 cm³/mol. The normalized spacial score (nSPS) is 19.5. The first-order valence-electron chi connectivity index (χ1n) is 11.3. The quantitative estimate of drug-likeness (QED) is 0.725. The van der Waals surface area contributed by atoms with E-state index in [2.05, 4.69) is 36.5 Å². The molecule has 0 radical (unpaired) electrons. The number of benzene rings is 1. The minimum Gasteiger partial charge on any atom is -0.353 e. The van der Waals surface area contributed by atoms with Crippen molar-refractivity contribution in [1.82, 2.24) is 15.2 Å². The van der Waals surface area contributed by atoms with E-state index in [4.69, 9.17) is 16.6 Å². The first kappa shape index (κ1) is 21.8. The Morgan fingerprint density at radius 2 is 1.87 bits per heavy atom. The topological polar surface area (TPSA) is 62.3 Å². The van der Waals surface area contributed by atoms with Crippen LogP contribution in [0.25, 0.3) is 0 Å². The molecule has 1 aromatic carbocycles. The average Bonchev–Trinajstić information content (AvgIpc) is 3.18. The van der Waals surface area contributed by atoms with Gasteiger partial charge in [0.15, 0.2) is 0 Å². The third kappa shape index (κ3) is 5.85. The van der Waals surface area contributed by atoms with E-state index in [1.165, 1.54) is 11.1 Å². The average molecular weight is 440 g/mol. The van der Waals surface area contributed by atoms with Crippen molar-refractivity contribution >= 4 is 23.4 Å². The highest BCUT2D eigenvalue weighted by Gasteiger charge is 2.26. The van der Waals surface area contributed by atoms with Gasteiger partial charge in [-0.15, -0.1) is 0 Å². The maximum absolute atomic E-state index is 12.6. The number of aromatic nitrogens is 1. The van der Waals surface area contributed by atoms with Gasteiger partial charge in [-0.05, 0) is 74.4 Å². The van der Waals surface area contributed by atoms with Gasteiger partial charge < -0.3 is 10.2 Å². The molecule has 1 atom stereocenters. The highest BCUT2D eigenvalue weighted by Crippen LogP contribution is 2.29. The van der Waals surface area contributed by atoms with E-state index in [9.17, 15) is 9.59 Å². The Labute approximate surface area is 189 Å². The van der Waals surface area contributed by atoms with Crippen molar-refractivity contribution in [3.05, 3.63) is 63.9 Å². The Morgan fingerprint density at radius 1 is 1.13 bits per heavy atom. The van der Waals surface area contributed by atoms with Crippen LogP contribution in [0.1, 0.15) is 67.0 Å². The molecule has 2 aromatic rings. The number of carbonyl (C=O) groups is 2. The van der Waals surface area contributed by atoms with Crippen LogP contribution in [0.2, 0.25) is 5.02 Å². The second-order valence-electron chi connectivity index (χ2n) is 8.84. The number of nitrogens with zero attached hydrogens (tertiary/aromatic N) is 2. The number of carbonyl (C=O) groups excluding carboxylic acids is 2. The lowest BCUT2D eigenvalue weighted by Crippen LogP contribution is -2.38. The summed E-state index contributed by atoms with van der Waals surface area (Å²) in [5.41, 5.74) is 4.69. The fourth-order valence-electron chi connectivity index (χ4n) is 4.69. The number of piperidine rings is 1. The van der Waals surface area contributed by atoms with Crippen molar-refractivity contribution < 1.29 is 9.59 Å². The second kappa shape index (κ2) is 9.82. The van der Waals surface area contributed by atoms with E-state index in [1.54, 1.807) is 0 Å². The minimum atomic E-state index is 0.111. The van der Waals surface area contributed by atoms with Crippen LogP contribution in [0.4, 0.5) is 0 Å². The highest BCUT2D eigenvalue weighted by atomic mass is 35.5. The maximum Gasteiger partial charge on any atom is 0.222 e. The molecular formula is C25H30ClN3O2. The van der Waals surface area contributed by atoms with Gasteiger partial charge in [0.2, 0.25) is 11.8 Å². The summed E-state index contributed by atoms with van der Waals surface area (Å²) in [5, 5.41) is 3.70. The molecule has 0 bridgehead atoms. The lowest BCUT2D eigenvalue weighted by Gasteiger charge is -2.32. The SMILES string of the molecule is Cc1cc(Cc2ccc(Cl)cc2)cc(C2CCN(C(=O)CCC3CCC(=O)N3)CC2)n1. The number of halogens is 1. The van der Waals surface area contributed by atoms with E-state index in [1.807, 2.05) is 17.0 Å². The minimum absolute atomic E-state index is 0.111. The number of hydrogen-bond acceptors (Lipinski definition) is 3. The Hall–Kier alpha value is -2.40. The monoisotopic (exact) mass is 439 g/mol. The van der Waals surface area contributed by atoms with Crippen LogP contribution in [-0.2, 0) is 16.0 Å². The first-order valence-corrected chi connectivity index (χ1v) is 11.6. The first-order chi connectivity index (χ1) is 15.0. The van der Waals surface area contributed by atoms with E-state index in [0.717, 1.165) is 61.6 Å². The maximum atomic E-state index is 12.6. The molecule has 3 heterocycles.